The van der Waals surface area contributed by atoms with Gasteiger partial charge in [-0.05, 0) is 22.4 Å². The van der Waals surface area contributed by atoms with Gasteiger partial charge in [0, 0.05) is 10.9 Å². The molecule has 3 rings (SSSR count). The van der Waals surface area contributed by atoms with E-state index in [1.165, 1.54) is 6.07 Å². The Balaban J connectivity index is 1.92. The Kier molecular flexibility index (Phi) is 7.29. The van der Waals surface area contributed by atoms with E-state index >= 15 is 0 Å². The second-order valence-electron chi connectivity index (χ2n) is 9.33. The van der Waals surface area contributed by atoms with E-state index in [0.717, 1.165) is 17.5 Å². The molecular weight excluding hydrogens is 485 g/mol. The van der Waals surface area contributed by atoms with Crippen LogP contribution in [0.5, 0.6) is 5.75 Å². The summed E-state index contributed by atoms with van der Waals surface area (Å²) in [4.78, 5) is 24.8. The standard InChI is InChI=1S/C26H24F5NO4/c1-24(2,3)21(23(34)35)32-22(33)19-13-10-16-6-4-5-7-18(16)20(19)36-14-15-8-11-17(12-9-15)25(27,28)26(29,30)31/h4-13,21H,14H2,1-3H3,(H,32,33)(H,34,35)/t21-/m1/s1. The minimum atomic E-state index is -5.73. The number of alkyl halides is 5. The zero-order valence-corrected chi connectivity index (χ0v) is 19.6. The van der Waals surface area contributed by atoms with Gasteiger partial charge in [-0.2, -0.15) is 22.0 Å². The number of carbonyl (C=O) groups is 2. The highest BCUT2D eigenvalue weighted by Gasteiger charge is 2.58. The van der Waals surface area contributed by atoms with E-state index in [2.05, 4.69) is 5.32 Å². The van der Waals surface area contributed by atoms with Gasteiger partial charge in [0.2, 0.25) is 0 Å². The number of fused-ring (bicyclic) bond motifs is 1. The molecule has 2 N–H and O–H groups in total. The van der Waals surface area contributed by atoms with Crippen molar-refractivity contribution in [1.82, 2.24) is 5.32 Å². The van der Waals surface area contributed by atoms with Crippen LogP contribution in [0.25, 0.3) is 10.8 Å². The Labute approximate surface area is 203 Å². The molecule has 0 heterocycles. The first kappa shape index (κ1) is 26.9. The number of hydrogen-bond donors (Lipinski definition) is 2. The van der Waals surface area contributed by atoms with Gasteiger partial charge in [0.25, 0.3) is 5.91 Å². The molecule has 0 radical (unpaired) electrons. The van der Waals surface area contributed by atoms with Crippen LogP contribution in [0.4, 0.5) is 22.0 Å². The molecule has 36 heavy (non-hydrogen) atoms. The van der Waals surface area contributed by atoms with E-state index < -0.39 is 41.0 Å². The van der Waals surface area contributed by atoms with Gasteiger partial charge in [-0.3, -0.25) is 4.79 Å². The van der Waals surface area contributed by atoms with Crippen molar-refractivity contribution in [3.63, 3.8) is 0 Å². The third kappa shape index (κ3) is 5.58. The first-order valence-corrected chi connectivity index (χ1v) is 10.8. The molecule has 0 aliphatic carbocycles. The summed E-state index contributed by atoms with van der Waals surface area (Å²) >= 11 is 0. The number of hydrogen-bond acceptors (Lipinski definition) is 3. The van der Waals surface area contributed by atoms with Crippen molar-refractivity contribution in [2.24, 2.45) is 5.41 Å². The summed E-state index contributed by atoms with van der Waals surface area (Å²) < 4.78 is 70.9. The Morgan fingerprint density at radius 2 is 1.53 bits per heavy atom. The Bertz CT molecular complexity index is 1260. The molecule has 0 aromatic heterocycles. The average molecular weight is 509 g/mol. The molecule has 3 aromatic rings. The smallest absolute Gasteiger partial charge is 0.458 e. The number of ether oxygens (including phenoxy) is 1. The monoisotopic (exact) mass is 509 g/mol. The van der Waals surface area contributed by atoms with Gasteiger partial charge >= 0.3 is 18.1 Å². The lowest BCUT2D eigenvalue weighted by Crippen LogP contribution is -2.49. The van der Waals surface area contributed by atoms with Crippen LogP contribution in [-0.2, 0) is 17.3 Å². The van der Waals surface area contributed by atoms with Crippen LogP contribution in [0, 0.1) is 5.41 Å². The third-order valence-electron chi connectivity index (χ3n) is 5.57. The van der Waals surface area contributed by atoms with Gasteiger partial charge in [0.05, 0.1) is 5.56 Å². The first-order chi connectivity index (χ1) is 16.6. The number of amides is 1. The molecule has 0 bridgehead atoms. The van der Waals surface area contributed by atoms with E-state index in [0.29, 0.717) is 17.5 Å². The topological polar surface area (TPSA) is 75.6 Å². The summed E-state index contributed by atoms with van der Waals surface area (Å²) in [7, 11) is 0. The summed E-state index contributed by atoms with van der Waals surface area (Å²) in [5.41, 5.74) is -1.66. The summed E-state index contributed by atoms with van der Waals surface area (Å²) in [5, 5.41) is 13.3. The van der Waals surface area contributed by atoms with Gasteiger partial charge in [-0.1, -0.05) is 75.4 Å². The van der Waals surface area contributed by atoms with E-state index in [4.69, 9.17) is 4.74 Å². The van der Waals surface area contributed by atoms with Crippen molar-refractivity contribution < 1.29 is 41.4 Å². The van der Waals surface area contributed by atoms with Crippen molar-refractivity contribution in [3.05, 3.63) is 77.4 Å². The van der Waals surface area contributed by atoms with Crippen molar-refractivity contribution in [2.75, 3.05) is 0 Å². The van der Waals surface area contributed by atoms with Crippen molar-refractivity contribution in [3.8, 4) is 5.75 Å². The summed E-state index contributed by atoms with van der Waals surface area (Å²) in [6.07, 6.45) is -5.73. The average Bonchev–Trinajstić information content (AvgIpc) is 2.79. The largest absolute Gasteiger partial charge is 0.487 e. The van der Waals surface area contributed by atoms with Crippen molar-refractivity contribution >= 4 is 22.6 Å². The Hall–Kier alpha value is -3.69. The maximum atomic E-state index is 13.6. The highest BCUT2D eigenvalue weighted by Crippen LogP contribution is 2.43. The maximum Gasteiger partial charge on any atom is 0.458 e. The van der Waals surface area contributed by atoms with Crippen LogP contribution >= 0.6 is 0 Å². The van der Waals surface area contributed by atoms with Crippen LogP contribution in [0.15, 0.2) is 60.7 Å². The van der Waals surface area contributed by atoms with Crippen LogP contribution < -0.4 is 10.1 Å². The van der Waals surface area contributed by atoms with Gasteiger partial charge < -0.3 is 15.2 Å². The predicted octanol–water partition coefficient (Wildman–Crippen LogP) is 6.30. The fourth-order valence-corrected chi connectivity index (χ4v) is 3.56. The number of rotatable bonds is 7. The summed E-state index contributed by atoms with van der Waals surface area (Å²) in [6, 6.07) is 12.4. The lowest BCUT2D eigenvalue weighted by atomic mass is 9.86. The van der Waals surface area contributed by atoms with Crippen LogP contribution in [0.1, 0.15) is 42.3 Å². The Morgan fingerprint density at radius 3 is 2.08 bits per heavy atom. The van der Waals surface area contributed by atoms with Gasteiger partial charge in [0.1, 0.15) is 18.4 Å². The lowest BCUT2D eigenvalue weighted by Gasteiger charge is -2.28. The van der Waals surface area contributed by atoms with Gasteiger partial charge in [-0.15, -0.1) is 0 Å². The third-order valence-corrected chi connectivity index (χ3v) is 5.57. The molecule has 0 saturated carbocycles. The van der Waals surface area contributed by atoms with Gasteiger partial charge in [-0.25, -0.2) is 4.79 Å². The minimum Gasteiger partial charge on any atom is -0.487 e. The zero-order chi connectivity index (χ0) is 26.9. The lowest BCUT2D eigenvalue weighted by molar-refractivity contribution is -0.289. The van der Waals surface area contributed by atoms with E-state index in [1.54, 1.807) is 51.1 Å². The van der Waals surface area contributed by atoms with Gasteiger partial charge in [0.15, 0.2) is 0 Å². The first-order valence-electron chi connectivity index (χ1n) is 10.8. The van der Waals surface area contributed by atoms with Crippen LogP contribution in [0.2, 0.25) is 0 Å². The second-order valence-corrected chi connectivity index (χ2v) is 9.33. The van der Waals surface area contributed by atoms with Crippen LogP contribution in [-0.4, -0.2) is 29.2 Å². The molecule has 0 fully saturated rings. The Morgan fingerprint density at radius 1 is 0.917 bits per heavy atom. The maximum absolute atomic E-state index is 13.6. The molecule has 1 amide bonds. The SMILES string of the molecule is CC(C)(C)[C@H](NC(=O)c1ccc2ccccc2c1OCc1ccc(C(F)(F)C(F)(F)F)cc1)C(=O)O. The van der Waals surface area contributed by atoms with E-state index in [1.807, 2.05) is 0 Å². The normalized spacial score (nSPS) is 13.3. The quantitative estimate of drug-likeness (QED) is 0.367. The highest BCUT2D eigenvalue weighted by atomic mass is 19.4. The van der Waals surface area contributed by atoms with Crippen LogP contribution in [0.3, 0.4) is 0 Å². The molecule has 3 aromatic carbocycles. The molecule has 5 nitrogen and oxygen atoms in total. The fourth-order valence-electron chi connectivity index (χ4n) is 3.56. The number of halogens is 5. The molecule has 0 spiro atoms. The molecule has 0 aliphatic rings. The fraction of sp³-hybridized carbons (Fsp3) is 0.308. The number of carbonyl (C=O) groups excluding carboxylic acids is 1. The van der Waals surface area contributed by atoms with Crippen molar-refractivity contribution in [1.29, 1.82) is 0 Å². The second kappa shape index (κ2) is 9.75. The predicted molar refractivity (Wildman–Crippen MR) is 123 cm³/mol. The number of benzene rings is 3. The molecule has 192 valence electrons. The number of aliphatic carboxylic acids is 1. The molecular formula is C26H24F5NO4. The molecule has 0 unspecified atom stereocenters. The zero-order valence-electron chi connectivity index (χ0n) is 19.6. The molecule has 10 heteroatoms. The summed E-state index contributed by atoms with van der Waals surface area (Å²) in [6.45, 7) is 4.75. The van der Waals surface area contributed by atoms with Crippen molar-refractivity contribution in [2.45, 2.75) is 45.5 Å². The number of carboxylic acids is 1. The molecule has 0 saturated heterocycles. The number of nitrogens with one attached hydrogen (secondary N) is 1. The van der Waals surface area contributed by atoms with E-state index in [9.17, 15) is 36.6 Å². The number of carboxylic acid groups (broad SMARTS) is 1. The van der Waals surface area contributed by atoms with E-state index in [-0.39, 0.29) is 23.5 Å². The molecule has 0 aliphatic heterocycles. The molecule has 1 atom stereocenters. The summed E-state index contributed by atoms with van der Waals surface area (Å²) in [5.74, 6) is -6.79. The highest BCUT2D eigenvalue weighted by molar-refractivity contribution is 6.05. The minimum absolute atomic E-state index is 0.0458.